The van der Waals surface area contributed by atoms with Crippen molar-refractivity contribution in [1.29, 1.82) is 0 Å². The van der Waals surface area contributed by atoms with E-state index in [2.05, 4.69) is 4.74 Å². The fourth-order valence-corrected chi connectivity index (χ4v) is 2.28. The lowest BCUT2D eigenvalue weighted by Crippen LogP contribution is -2.54. The number of carbonyl (C=O) groups excluding carboxylic acids is 2. The van der Waals surface area contributed by atoms with Crippen LogP contribution in [0.5, 0.6) is 0 Å². The van der Waals surface area contributed by atoms with Crippen LogP contribution in [0, 0.1) is 6.92 Å². The zero-order chi connectivity index (χ0) is 23.4. The summed E-state index contributed by atoms with van der Waals surface area (Å²) in [6.45, 7) is -0.847. The number of hydrogen-bond donors (Lipinski definition) is 0. The molecule has 11 heteroatoms. The van der Waals surface area contributed by atoms with Gasteiger partial charge in [0.2, 0.25) is 6.10 Å². The fraction of sp³-hybridized carbons (Fsp3) is 0.300. The number of rotatable bonds is 7. The second-order valence-electron chi connectivity index (χ2n) is 6.45. The van der Waals surface area contributed by atoms with E-state index in [9.17, 15) is 40.3 Å². The first-order chi connectivity index (χ1) is 14.3. The van der Waals surface area contributed by atoms with Crippen LogP contribution in [0.4, 0.5) is 30.7 Å². The molecule has 0 N–H and O–H groups in total. The SMILES string of the molecule is Cc1ccc(C(=O)OC(C(=O)OCC(F)(F)C(F)(F)C(F)(F)F)c2ccccc2)cc1. The Labute approximate surface area is 171 Å². The molecule has 2 rings (SSSR count). The van der Waals surface area contributed by atoms with E-state index in [1.165, 1.54) is 42.5 Å². The normalized spacial score (nSPS) is 13.4. The van der Waals surface area contributed by atoms with E-state index in [1.807, 2.05) is 0 Å². The van der Waals surface area contributed by atoms with Crippen molar-refractivity contribution in [1.82, 2.24) is 0 Å². The maximum atomic E-state index is 13.4. The summed E-state index contributed by atoms with van der Waals surface area (Å²) in [5, 5.41) is 0. The monoisotopic (exact) mass is 452 g/mol. The second-order valence-corrected chi connectivity index (χ2v) is 6.45. The maximum absolute atomic E-state index is 13.4. The Balaban J connectivity index is 2.22. The number of ether oxygens (including phenoxy) is 2. The van der Waals surface area contributed by atoms with Gasteiger partial charge in [-0.15, -0.1) is 0 Å². The van der Waals surface area contributed by atoms with Gasteiger partial charge in [0.25, 0.3) is 0 Å². The Bertz CT molecular complexity index is 909. The van der Waals surface area contributed by atoms with Crippen molar-refractivity contribution < 1.29 is 49.8 Å². The van der Waals surface area contributed by atoms with E-state index < -0.39 is 42.7 Å². The fourth-order valence-electron chi connectivity index (χ4n) is 2.28. The number of esters is 2. The molecule has 1 atom stereocenters. The molecule has 0 aliphatic heterocycles. The molecule has 0 radical (unpaired) electrons. The molecule has 0 saturated carbocycles. The molecule has 0 bridgehead atoms. The quantitative estimate of drug-likeness (QED) is 0.424. The Kier molecular flexibility index (Phi) is 6.97. The van der Waals surface area contributed by atoms with Gasteiger partial charge < -0.3 is 9.47 Å². The zero-order valence-corrected chi connectivity index (χ0v) is 15.8. The van der Waals surface area contributed by atoms with Gasteiger partial charge in [-0.1, -0.05) is 48.0 Å². The molecule has 0 aliphatic carbocycles. The summed E-state index contributed by atoms with van der Waals surface area (Å²) in [7, 11) is 0. The van der Waals surface area contributed by atoms with Crippen LogP contribution in [0.25, 0.3) is 0 Å². The van der Waals surface area contributed by atoms with Crippen molar-refractivity contribution in [3.63, 3.8) is 0 Å². The molecule has 2 aromatic rings. The number of carbonyl (C=O) groups is 2. The Morgan fingerprint density at radius 3 is 1.94 bits per heavy atom. The van der Waals surface area contributed by atoms with Gasteiger partial charge in [-0.25, -0.2) is 9.59 Å². The molecule has 0 aliphatic rings. The number of aryl methyl sites for hydroxylation is 1. The van der Waals surface area contributed by atoms with Crippen LogP contribution in [0.3, 0.4) is 0 Å². The first-order valence-electron chi connectivity index (χ1n) is 8.58. The van der Waals surface area contributed by atoms with Crippen LogP contribution in [-0.4, -0.2) is 36.6 Å². The zero-order valence-electron chi connectivity index (χ0n) is 15.8. The third kappa shape index (κ3) is 5.53. The summed E-state index contributed by atoms with van der Waals surface area (Å²) in [6.07, 6.45) is -8.55. The lowest BCUT2D eigenvalue weighted by atomic mass is 10.1. The standard InChI is InChI=1S/C20H15F7O4/c1-12-7-9-14(10-8-12)16(28)31-15(13-5-3-2-4-6-13)17(29)30-11-18(21,22)19(23,24)20(25,26)27/h2-10,15H,11H2,1H3. The summed E-state index contributed by atoms with van der Waals surface area (Å²) in [5.41, 5.74) is 0.704. The van der Waals surface area contributed by atoms with E-state index in [0.29, 0.717) is 0 Å². The molecule has 168 valence electrons. The minimum absolute atomic E-state index is 0.0201. The van der Waals surface area contributed by atoms with Gasteiger partial charge in [0.15, 0.2) is 6.61 Å². The summed E-state index contributed by atoms with van der Waals surface area (Å²) >= 11 is 0. The van der Waals surface area contributed by atoms with Gasteiger partial charge >= 0.3 is 30.0 Å². The highest BCUT2D eigenvalue weighted by molar-refractivity contribution is 5.91. The molecule has 0 aromatic heterocycles. The third-order valence-corrected chi connectivity index (χ3v) is 4.04. The molecular formula is C20H15F7O4. The predicted molar refractivity (Wildman–Crippen MR) is 92.7 cm³/mol. The van der Waals surface area contributed by atoms with Gasteiger partial charge in [0, 0.05) is 5.56 Å². The van der Waals surface area contributed by atoms with Gasteiger partial charge in [-0.3, -0.25) is 0 Å². The van der Waals surface area contributed by atoms with E-state index >= 15 is 0 Å². The number of halogens is 7. The molecule has 1 unspecified atom stereocenters. The van der Waals surface area contributed by atoms with Crippen molar-refractivity contribution in [2.75, 3.05) is 6.61 Å². The Hall–Kier alpha value is -3.11. The molecule has 0 amide bonds. The average Bonchev–Trinajstić information content (AvgIpc) is 2.70. The number of hydrogen-bond acceptors (Lipinski definition) is 4. The number of benzene rings is 2. The molecule has 0 fully saturated rings. The topological polar surface area (TPSA) is 52.6 Å². The lowest BCUT2D eigenvalue weighted by Gasteiger charge is -2.28. The lowest BCUT2D eigenvalue weighted by molar-refractivity contribution is -0.360. The first kappa shape index (κ1) is 24.2. The first-order valence-corrected chi connectivity index (χ1v) is 8.58. The summed E-state index contributed by atoms with van der Waals surface area (Å²) < 4.78 is 98.5. The molecule has 31 heavy (non-hydrogen) atoms. The van der Waals surface area contributed by atoms with Crippen LogP contribution < -0.4 is 0 Å². The molecular weight excluding hydrogens is 437 g/mol. The van der Waals surface area contributed by atoms with Crippen LogP contribution in [0.1, 0.15) is 27.6 Å². The largest absolute Gasteiger partial charge is 0.460 e. The van der Waals surface area contributed by atoms with Crippen LogP contribution in [-0.2, 0) is 14.3 Å². The highest BCUT2D eigenvalue weighted by Gasteiger charge is 2.73. The molecule has 0 spiro atoms. The van der Waals surface area contributed by atoms with Gasteiger partial charge in [0.05, 0.1) is 5.56 Å². The Morgan fingerprint density at radius 1 is 0.871 bits per heavy atom. The van der Waals surface area contributed by atoms with E-state index in [-0.39, 0.29) is 11.1 Å². The molecule has 2 aromatic carbocycles. The van der Waals surface area contributed by atoms with Crippen LogP contribution in [0.2, 0.25) is 0 Å². The predicted octanol–water partition coefficient (Wildman–Crippen LogP) is 5.27. The van der Waals surface area contributed by atoms with Crippen molar-refractivity contribution in [2.24, 2.45) is 0 Å². The maximum Gasteiger partial charge on any atom is 0.460 e. The minimum Gasteiger partial charge on any atom is -0.456 e. The van der Waals surface area contributed by atoms with Gasteiger partial charge in [0.1, 0.15) is 0 Å². The average molecular weight is 452 g/mol. The summed E-state index contributed by atoms with van der Waals surface area (Å²) in [5.74, 6) is -15.0. The third-order valence-electron chi connectivity index (χ3n) is 4.04. The Morgan fingerprint density at radius 2 is 1.42 bits per heavy atom. The minimum atomic E-state index is -6.57. The van der Waals surface area contributed by atoms with E-state index in [4.69, 9.17) is 4.74 Å². The summed E-state index contributed by atoms with van der Waals surface area (Å²) in [6, 6.07) is 12.6. The molecule has 4 nitrogen and oxygen atoms in total. The van der Waals surface area contributed by atoms with Gasteiger partial charge in [-0.2, -0.15) is 30.7 Å². The van der Waals surface area contributed by atoms with E-state index in [1.54, 1.807) is 19.1 Å². The highest BCUT2D eigenvalue weighted by Crippen LogP contribution is 2.46. The smallest absolute Gasteiger partial charge is 0.456 e. The van der Waals surface area contributed by atoms with Gasteiger partial charge in [-0.05, 0) is 19.1 Å². The van der Waals surface area contributed by atoms with Crippen molar-refractivity contribution in [3.05, 3.63) is 71.3 Å². The van der Waals surface area contributed by atoms with Crippen molar-refractivity contribution in [2.45, 2.75) is 31.0 Å². The molecule has 0 heterocycles. The van der Waals surface area contributed by atoms with E-state index in [0.717, 1.165) is 5.56 Å². The summed E-state index contributed by atoms with van der Waals surface area (Å²) in [4.78, 5) is 24.5. The highest BCUT2D eigenvalue weighted by atomic mass is 19.4. The van der Waals surface area contributed by atoms with Crippen LogP contribution in [0.15, 0.2) is 54.6 Å². The second kappa shape index (κ2) is 8.94. The van der Waals surface area contributed by atoms with Crippen LogP contribution >= 0.6 is 0 Å². The number of alkyl halides is 7. The van der Waals surface area contributed by atoms with Crippen molar-refractivity contribution in [3.8, 4) is 0 Å². The molecule has 0 saturated heterocycles. The van der Waals surface area contributed by atoms with Crippen molar-refractivity contribution >= 4 is 11.9 Å².